The molecule has 0 atom stereocenters. The summed E-state index contributed by atoms with van der Waals surface area (Å²) in [5.41, 5.74) is 1.13. The van der Waals surface area contributed by atoms with E-state index in [9.17, 15) is 3.74 Å². The van der Waals surface area contributed by atoms with E-state index in [1.807, 2.05) is 30.3 Å². The fourth-order valence-electron chi connectivity index (χ4n) is 1.13. The van der Waals surface area contributed by atoms with E-state index >= 15 is 0 Å². The maximum absolute atomic E-state index is 10.6. The van der Waals surface area contributed by atoms with Crippen molar-refractivity contribution in [3.05, 3.63) is 35.9 Å². The third-order valence-corrected chi connectivity index (χ3v) is 3.64. The third-order valence-electron chi connectivity index (χ3n) is 1.76. The number of rotatable bonds is 4. The van der Waals surface area contributed by atoms with Crippen LogP contribution in [0.1, 0.15) is 12.0 Å². The van der Waals surface area contributed by atoms with Crippen LogP contribution in [0.15, 0.2) is 30.3 Å². The van der Waals surface area contributed by atoms with Crippen LogP contribution in [0.4, 0.5) is 0 Å². The predicted molar refractivity (Wildman–Crippen MR) is 50.4 cm³/mol. The summed E-state index contributed by atoms with van der Waals surface area (Å²) in [4.78, 5) is 0. The van der Waals surface area contributed by atoms with Gasteiger partial charge < -0.3 is 0 Å². The summed E-state index contributed by atoms with van der Waals surface area (Å²) >= 11 is -4.37. The monoisotopic (exact) mass is 244 g/mol. The molecule has 2 N–H and O–H groups in total. The van der Waals surface area contributed by atoms with E-state index < -0.39 is 14.2 Å². The molecule has 0 saturated heterocycles. The van der Waals surface area contributed by atoms with Crippen molar-refractivity contribution >= 4 is 14.2 Å². The quantitative estimate of drug-likeness (QED) is 0.776. The minimum absolute atomic E-state index is 0.0349. The number of hydrogen-bond donors (Lipinski definition) is 2. The van der Waals surface area contributed by atoms with Crippen LogP contribution in [0, 0.1) is 0 Å². The Hall–Kier alpha value is -0.502. The first kappa shape index (κ1) is 10.6. The van der Waals surface area contributed by atoms with Crippen LogP contribution < -0.4 is 0 Å². The van der Waals surface area contributed by atoms with Gasteiger partial charge in [0, 0.05) is 0 Å². The van der Waals surface area contributed by atoms with Crippen molar-refractivity contribution in [2.24, 2.45) is 0 Å². The average Bonchev–Trinajstić information content (AvgIpc) is 2.04. The first-order valence-electron chi connectivity index (χ1n) is 4.16. The zero-order chi connectivity index (χ0) is 9.73. The molecular weight excluding hydrogens is 231 g/mol. The van der Waals surface area contributed by atoms with E-state index in [1.54, 1.807) is 0 Å². The Morgan fingerprint density at radius 1 is 1.15 bits per heavy atom. The van der Waals surface area contributed by atoms with Crippen molar-refractivity contribution in [1.29, 1.82) is 0 Å². The average molecular weight is 244 g/mol. The van der Waals surface area contributed by atoms with E-state index in [4.69, 9.17) is 8.19 Å². The van der Waals surface area contributed by atoms with Crippen LogP contribution in [0.5, 0.6) is 0 Å². The summed E-state index contributed by atoms with van der Waals surface area (Å²) in [5, 5.41) is 0.0349. The SMILES string of the molecule is O=[As](O)(O)CCCc1ccccc1. The molecule has 0 aliphatic heterocycles. The van der Waals surface area contributed by atoms with Gasteiger partial charge in [-0.1, -0.05) is 0 Å². The molecule has 0 aliphatic rings. The Morgan fingerprint density at radius 2 is 1.77 bits per heavy atom. The van der Waals surface area contributed by atoms with Gasteiger partial charge in [-0.15, -0.1) is 0 Å². The molecular formula is C9H13AsO3. The molecule has 0 heterocycles. The molecule has 0 aliphatic carbocycles. The molecule has 0 unspecified atom stereocenters. The summed E-state index contributed by atoms with van der Waals surface area (Å²) in [7, 11) is 0. The molecule has 0 bridgehead atoms. The first-order chi connectivity index (χ1) is 6.08. The molecule has 13 heavy (non-hydrogen) atoms. The number of aryl methyl sites for hydroxylation is 1. The molecule has 0 spiro atoms. The van der Waals surface area contributed by atoms with Gasteiger partial charge in [-0.2, -0.15) is 0 Å². The molecule has 1 aromatic rings. The minimum atomic E-state index is -4.37. The fourth-order valence-corrected chi connectivity index (χ4v) is 2.33. The third kappa shape index (κ3) is 4.94. The molecule has 72 valence electrons. The Balaban J connectivity index is 2.33. The van der Waals surface area contributed by atoms with E-state index in [2.05, 4.69) is 0 Å². The van der Waals surface area contributed by atoms with Gasteiger partial charge in [-0.25, -0.2) is 0 Å². The summed E-state index contributed by atoms with van der Waals surface area (Å²) in [5.74, 6) is 0. The summed E-state index contributed by atoms with van der Waals surface area (Å²) < 4.78 is 27.9. The summed E-state index contributed by atoms with van der Waals surface area (Å²) in [6, 6.07) is 9.71. The second kappa shape index (κ2) is 4.66. The first-order valence-corrected chi connectivity index (χ1v) is 7.93. The van der Waals surface area contributed by atoms with E-state index in [0.717, 1.165) is 12.0 Å². The molecule has 0 aromatic heterocycles. The Kier molecular flexibility index (Phi) is 3.79. The van der Waals surface area contributed by atoms with Gasteiger partial charge in [0.1, 0.15) is 0 Å². The molecule has 0 fully saturated rings. The topological polar surface area (TPSA) is 57.5 Å². The van der Waals surface area contributed by atoms with Crippen molar-refractivity contribution in [2.45, 2.75) is 18.1 Å². The molecule has 1 rings (SSSR count). The van der Waals surface area contributed by atoms with Gasteiger partial charge in [0.05, 0.1) is 0 Å². The molecule has 0 radical (unpaired) electrons. The van der Waals surface area contributed by atoms with Crippen LogP contribution in [0.2, 0.25) is 5.21 Å². The second-order valence-corrected chi connectivity index (χ2v) is 6.70. The van der Waals surface area contributed by atoms with Crippen molar-refractivity contribution < 1.29 is 11.9 Å². The van der Waals surface area contributed by atoms with Gasteiger partial charge in [-0.05, 0) is 0 Å². The van der Waals surface area contributed by atoms with Crippen molar-refractivity contribution in [3.63, 3.8) is 0 Å². The van der Waals surface area contributed by atoms with E-state index in [0.29, 0.717) is 6.42 Å². The molecule has 4 heteroatoms. The Morgan fingerprint density at radius 3 is 2.31 bits per heavy atom. The molecule has 0 saturated carbocycles. The predicted octanol–water partition coefficient (Wildman–Crippen LogP) is 0.973. The second-order valence-electron chi connectivity index (χ2n) is 2.98. The normalized spacial score (nSPS) is 11.5. The van der Waals surface area contributed by atoms with Crippen molar-refractivity contribution in [2.75, 3.05) is 0 Å². The standard InChI is InChI=1S/C9H13AsO3/c11-10(12,13)8-4-7-9-5-2-1-3-6-9/h1-3,5-6H,4,7-8H2,(H2,11,12,13). The zero-order valence-electron chi connectivity index (χ0n) is 7.26. The van der Waals surface area contributed by atoms with Crippen molar-refractivity contribution in [3.8, 4) is 0 Å². The fraction of sp³-hybridized carbons (Fsp3) is 0.333. The molecule has 0 amide bonds. The molecule has 1 aromatic carbocycles. The van der Waals surface area contributed by atoms with Crippen LogP contribution in [-0.2, 0) is 10.2 Å². The van der Waals surface area contributed by atoms with E-state index in [-0.39, 0.29) is 5.21 Å². The Bertz CT molecular complexity index is 291. The molecule has 3 nitrogen and oxygen atoms in total. The summed E-state index contributed by atoms with van der Waals surface area (Å²) in [6.45, 7) is 0. The Labute approximate surface area is 80.4 Å². The van der Waals surface area contributed by atoms with Crippen LogP contribution in [0.3, 0.4) is 0 Å². The van der Waals surface area contributed by atoms with Gasteiger partial charge >= 0.3 is 80.0 Å². The number of hydrogen-bond acceptors (Lipinski definition) is 1. The number of benzene rings is 1. The van der Waals surface area contributed by atoms with E-state index in [1.165, 1.54) is 0 Å². The summed E-state index contributed by atoms with van der Waals surface area (Å²) in [6.07, 6.45) is 1.31. The van der Waals surface area contributed by atoms with Gasteiger partial charge in [0.2, 0.25) is 0 Å². The van der Waals surface area contributed by atoms with Crippen LogP contribution in [-0.4, -0.2) is 22.4 Å². The maximum atomic E-state index is 10.6. The van der Waals surface area contributed by atoms with Gasteiger partial charge in [0.15, 0.2) is 0 Å². The van der Waals surface area contributed by atoms with Gasteiger partial charge in [0.25, 0.3) is 0 Å². The zero-order valence-corrected chi connectivity index (χ0v) is 9.13. The van der Waals surface area contributed by atoms with Gasteiger partial charge in [-0.3, -0.25) is 0 Å². The van der Waals surface area contributed by atoms with Crippen molar-refractivity contribution in [1.82, 2.24) is 0 Å². The van der Waals surface area contributed by atoms with Crippen LogP contribution >= 0.6 is 0 Å². The van der Waals surface area contributed by atoms with Crippen LogP contribution in [0.25, 0.3) is 0 Å².